The highest BCUT2D eigenvalue weighted by Gasteiger charge is 2.25. The molecule has 122 valence electrons. The maximum atomic E-state index is 11.2. The molecular formula is C18H27NO3. The van der Waals surface area contributed by atoms with Crippen molar-refractivity contribution in [1.29, 1.82) is 0 Å². The number of piperidine rings is 1. The van der Waals surface area contributed by atoms with Crippen LogP contribution in [-0.4, -0.2) is 35.7 Å². The Hall–Kier alpha value is -1.55. The lowest BCUT2D eigenvalue weighted by atomic mass is 9.98. The van der Waals surface area contributed by atoms with Gasteiger partial charge in [-0.1, -0.05) is 32.0 Å². The molecule has 22 heavy (non-hydrogen) atoms. The Labute approximate surface area is 133 Å². The Bertz CT molecular complexity index is 487. The summed E-state index contributed by atoms with van der Waals surface area (Å²) < 4.78 is 5.92. The first-order valence-electron chi connectivity index (χ1n) is 8.22. The summed E-state index contributed by atoms with van der Waals surface area (Å²) in [5.41, 5.74) is 1.15. The van der Waals surface area contributed by atoms with Crippen molar-refractivity contribution in [2.45, 2.75) is 39.7 Å². The molecule has 1 aromatic carbocycles. The second-order valence-corrected chi connectivity index (χ2v) is 6.55. The molecule has 1 atom stereocenters. The summed E-state index contributed by atoms with van der Waals surface area (Å²) >= 11 is 0. The number of para-hydroxylation sites is 1. The van der Waals surface area contributed by atoms with Crippen molar-refractivity contribution >= 4 is 5.97 Å². The second kappa shape index (κ2) is 8.18. The summed E-state index contributed by atoms with van der Waals surface area (Å²) in [7, 11) is 0. The number of hydrogen-bond acceptors (Lipinski definition) is 3. The third kappa shape index (κ3) is 5.02. The molecule has 0 amide bonds. The number of likely N-dealkylation sites (tertiary alicyclic amines) is 1. The standard InChI is InChI=1S/C18H27NO3/c1-14(2)9-11-22-17-8-4-3-6-15(17)12-19-10-5-7-16(13-19)18(20)21/h3-4,6,8,14,16H,5,7,9-13H2,1-2H3,(H,20,21). The molecule has 1 aromatic rings. The average Bonchev–Trinajstić information content (AvgIpc) is 2.49. The van der Waals surface area contributed by atoms with Crippen molar-refractivity contribution in [1.82, 2.24) is 4.90 Å². The quantitative estimate of drug-likeness (QED) is 0.838. The number of ether oxygens (including phenoxy) is 1. The third-order valence-electron chi connectivity index (χ3n) is 4.17. The van der Waals surface area contributed by atoms with Gasteiger partial charge in [0.15, 0.2) is 0 Å². The van der Waals surface area contributed by atoms with Crippen LogP contribution in [-0.2, 0) is 11.3 Å². The van der Waals surface area contributed by atoms with E-state index in [1.807, 2.05) is 18.2 Å². The second-order valence-electron chi connectivity index (χ2n) is 6.55. The lowest BCUT2D eigenvalue weighted by Crippen LogP contribution is -2.38. The molecule has 1 unspecified atom stereocenters. The molecule has 0 spiro atoms. The molecule has 0 aromatic heterocycles. The van der Waals surface area contributed by atoms with Crippen molar-refractivity contribution in [3.05, 3.63) is 29.8 Å². The van der Waals surface area contributed by atoms with E-state index in [9.17, 15) is 9.90 Å². The van der Waals surface area contributed by atoms with Crippen LogP contribution in [0, 0.1) is 11.8 Å². The lowest BCUT2D eigenvalue weighted by Gasteiger charge is -2.31. The first-order chi connectivity index (χ1) is 10.6. The Morgan fingerprint density at radius 1 is 1.41 bits per heavy atom. The summed E-state index contributed by atoms with van der Waals surface area (Å²) in [4.78, 5) is 13.4. The average molecular weight is 305 g/mol. The lowest BCUT2D eigenvalue weighted by molar-refractivity contribution is -0.143. The maximum Gasteiger partial charge on any atom is 0.307 e. The van der Waals surface area contributed by atoms with Crippen LogP contribution in [0.25, 0.3) is 0 Å². The fraction of sp³-hybridized carbons (Fsp3) is 0.611. The smallest absolute Gasteiger partial charge is 0.307 e. The summed E-state index contributed by atoms with van der Waals surface area (Å²) in [5.74, 6) is 0.653. The van der Waals surface area contributed by atoms with Crippen LogP contribution >= 0.6 is 0 Å². The van der Waals surface area contributed by atoms with Crippen molar-refractivity contribution < 1.29 is 14.6 Å². The van der Waals surface area contributed by atoms with E-state index in [1.165, 1.54) is 0 Å². The molecule has 1 heterocycles. The van der Waals surface area contributed by atoms with E-state index >= 15 is 0 Å². The summed E-state index contributed by atoms with van der Waals surface area (Å²) in [6.07, 6.45) is 2.78. The van der Waals surface area contributed by atoms with Crippen LogP contribution in [0.5, 0.6) is 5.75 Å². The zero-order valence-corrected chi connectivity index (χ0v) is 13.6. The van der Waals surface area contributed by atoms with Gasteiger partial charge in [0.05, 0.1) is 12.5 Å². The van der Waals surface area contributed by atoms with Gasteiger partial charge in [0.2, 0.25) is 0 Å². The highest BCUT2D eigenvalue weighted by molar-refractivity contribution is 5.70. The minimum atomic E-state index is -0.675. The maximum absolute atomic E-state index is 11.2. The summed E-state index contributed by atoms with van der Waals surface area (Å²) in [6.45, 7) is 7.47. The van der Waals surface area contributed by atoms with Crippen LogP contribution in [0.4, 0.5) is 0 Å². The fourth-order valence-corrected chi connectivity index (χ4v) is 2.82. The van der Waals surface area contributed by atoms with Gasteiger partial charge in [0.25, 0.3) is 0 Å². The van der Waals surface area contributed by atoms with Gasteiger partial charge in [0, 0.05) is 18.7 Å². The number of carbonyl (C=O) groups is 1. The predicted molar refractivity (Wildman–Crippen MR) is 87.0 cm³/mol. The molecule has 4 nitrogen and oxygen atoms in total. The monoisotopic (exact) mass is 305 g/mol. The predicted octanol–water partition coefficient (Wildman–Crippen LogP) is 3.41. The van der Waals surface area contributed by atoms with E-state index in [2.05, 4.69) is 24.8 Å². The van der Waals surface area contributed by atoms with Gasteiger partial charge in [-0.3, -0.25) is 9.69 Å². The normalized spacial score (nSPS) is 19.3. The van der Waals surface area contributed by atoms with Crippen LogP contribution < -0.4 is 4.74 Å². The van der Waals surface area contributed by atoms with Gasteiger partial charge in [0.1, 0.15) is 5.75 Å². The first kappa shape index (κ1) is 16.8. The molecule has 0 bridgehead atoms. The van der Waals surface area contributed by atoms with Gasteiger partial charge in [-0.05, 0) is 37.8 Å². The van der Waals surface area contributed by atoms with E-state index in [0.717, 1.165) is 50.3 Å². The molecule has 1 N–H and O–H groups in total. The van der Waals surface area contributed by atoms with Gasteiger partial charge in [-0.2, -0.15) is 0 Å². The van der Waals surface area contributed by atoms with Crippen molar-refractivity contribution in [2.24, 2.45) is 11.8 Å². The molecular weight excluding hydrogens is 278 g/mol. The third-order valence-corrected chi connectivity index (χ3v) is 4.17. The molecule has 0 saturated carbocycles. The molecule has 1 aliphatic rings. The molecule has 1 fully saturated rings. The van der Waals surface area contributed by atoms with Crippen LogP contribution in [0.1, 0.15) is 38.7 Å². The number of carboxylic acid groups (broad SMARTS) is 1. The highest BCUT2D eigenvalue weighted by atomic mass is 16.5. The van der Waals surface area contributed by atoms with E-state index in [0.29, 0.717) is 12.5 Å². The van der Waals surface area contributed by atoms with E-state index in [1.54, 1.807) is 0 Å². The molecule has 1 aliphatic heterocycles. The van der Waals surface area contributed by atoms with Crippen LogP contribution in [0.15, 0.2) is 24.3 Å². The Morgan fingerprint density at radius 3 is 2.91 bits per heavy atom. The molecule has 1 saturated heterocycles. The van der Waals surface area contributed by atoms with Crippen LogP contribution in [0.2, 0.25) is 0 Å². The van der Waals surface area contributed by atoms with Gasteiger partial charge in [-0.15, -0.1) is 0 Å². The molecule has 0 radical (unpaired) electrons. The van der Waals surface area contributed by atoms with E-state index in [4.69, 9.17) is 4.74 Å². The Kier molecular flexibility index (Phi) is 6.25. The number of aliphatic carboxylic acids is 1. The number of nitrogens with zero attached hydrogens (tertiary/aromatic N) is 1. The first-order valence-corrected chi connectivity index (χ1v) is 8.22. The van der Waals surface area contributed by atoms with Gasteiger partial charge < -0.3 is 9.84 Å². The Balaban J connectivity index is 1.95. The van der Waals surface area contributed by atoms with Gasteiger partial charge >= 0.3 is 5.97 Å². The molecule has 4 heteroatoms. The molecule has 0 aliphatic carbocycles. The van der Waals surface area contributed by atoms with Crippen molar-refractivity contribution in [3.63, 3.8) is 0 Å². The van der Waals surface area contributed by atoms with Crippen molar-refractivity contribution in [3.8, 4) is 5.75 Å². The van der Waals surface area contributed by atoms with Crippen molar-refractivity contribution in [2.75, 3.05) is 19.7 Å². The number of hydrogen-bond donors (Lipinski definition) is 1. The minimum Gasteiger partial charge on any atom is -0.493 e. The highest BCUT2D eigenvalue weighted by Crippen LogP contribution is 2.24. The zero-order valence-electron chi connectivity index (χ0n) is 13.6. The summed E-state index contributed by atoms with van der Waals surface area (Å²) in [6, 6.07) is 8.09. The van der Waals surface area contributed by atoms with E-state index < -0.39 is 5.97 Å². The SMILES string of the molecule is CC(C)CCOc1ccccc1CN1CCCC(C(=O)O)C1. The topological polar surface area (TPSA) is 49.8 Å². The minimum absolute atomic E-state index is 0.234. The van der Waals surface area contributed by atoms with E-state index in [-0.39, 0.29) is 5.92 Å². The number of carboxylic acids is 1. The Morgan fingerprint density at radius 2 is 2.18 bits per heavy atom. The fourth-order valence-electron chi connectivity index (χ4n) is 2.82. The number of benzene rings is 1. The summed E-state index contributed by atoms with van der Waals surface area (Å²) in [5, 5.41) is 9.19. The zero-order chi connectivity index (χ0) is 15.9. The largest absolute Gasteiger partial charge is 0.493 e. The van der Waals surface area contributed by atoms with Gasteiger partial charge in [-0.25, -0.2) is 0 Å². The number of rotatable bonds is 7. The van der Waals surface area contributed by atoms with Crippen LogP contribution in [0.3, 0.4) is 0 Å². The molecule has 2 rings (SSSR count).